The third kappa shape index (κ3) is 2.88. The molecule has 0 fully saturated rings. The zero-order valence-corrected chi connectivity index (χ0v) is 14.3. The predicted molar refractivity (Wildman–Crippen MR) is 95.8 cm³/mol. The van der Waals surface area contributed by atoms with Crippen molar-refractivity contribution < 1.29 is 9.63 Å². The molecule has 1 aromatic heterocycles. The molecule has 1 heterocycles. The number of pyridine rings is 1. The van der Waals surface area contributed by atoms with Crippen molar-refractivity contribution in [3.05, 3.63) is 65.2 Å². The molecule has 0 bridgehead atoms. The first-order chi connectivity index (χ1) is 11.5. The monoisotopic (exact) mass is 320 g/mol. The van der Waals surface area contributed by atoms with Crippen LogP contribution in [0.15, 0.2) is 48.5 Å². The largest absolute Gasteiger partial charge is 0.277 e. The fourth-order valence-corrected chi connectivity index (χ4v) is 2.84. The van der Waals surface area contributed by atoms with Gasteiger partial charge in [0.25, 0.3) is 5.91 Å². The van der Waals surface area contributed by atoms with Crippen molar-refractivity contribution in [2.45, 2.75) is 13.8 Å². The highest BCUT2D eigenvalue weighted by atomic mass is 16.7. The molecule has 0 spiro atoms. The molecule has 24 heavy (non-hydrogen) atoms. The van der Waals surface area contributed by atoms with E-state index in [0.29, 0.717) is 5.56 Å². The molecular formula is C20H20N2O2. The van der Waals surface area contributed by atoms with E-state index in [4.69, 9.17) is 9.82 Å². The molecule has 0 saturated carbocycles. The van der Waals surface area contributed by atoms with Crippen LogP contribution in [-0.4, -0.2) is 30.1 Å². The van der Waals surface area contributed by atoms with E-state index in [1.807, 2.05) is 30.3 Å². The number of hydrogen-bond acceptors (Lipinski definition) is 3. The van der Waals surface area contributed by atoms with Crippen molar-refractivity contribution in [1.82, 2.24) is 10.0 Å². The van der Waals surface area contributed by atoms with Gasteiger partial charge in [0, 0.05) is 18.0 Å². The van der Waals surface area contributed by atoms with E-state index < -0.39 is 0 Å². The molecule has 3 rings (SSSR count). The molecule has 0 N–H and O–H groups in total. The lowest BCUT2D eigenvalue weighted by molar-refractivity contribution is -0.0755. The predicted octanol–water partition coefficient (Wildman–Crippen LogP) is 4.15. The number of benzene rings is 2. The highest BCUT2D eigenvalue weighted by Crippen LogP contribution is 2.28. The summed E-state index contributed by atoms with van der Waals surface area (Å²) in [5, 5.41) is 2.05. The number of rotatable bonds is 3. The second-order valence-corrected chi connectivity index (χ2v) is 5.88. The fourth-order valence-electron chi connectivity index (χ4n) is 2.84. The summed E-state index contributed by atoms with van der Waals surface area (Å²) in [5.41, 5.74) is 5.53. The Morgan fingerprint density at radius 1 is 1.08 bits per heavy atom. The molecule has 0 aliphatic carbocycles. The van der Waals surface area contributed by atoms with Gasteiger partial charge in [-0.1, -0.05) is 42.0 Å². The summed E-state index contributed by atoms with van der Waals surface area (Å²) in [6.45, 7) is 4.12. The summed E-state index contributed by atoms with van der Waals surface area (Å²) in [5.74, 6) is -0.192. The number of para-hydroxylation sites is 1. The topological polar surface area (TPSA) is 42.4 Å². The summed E-state index contributed by atoms with van der Waals surface area (Å²) >= 11 is 0. The maximum atomic E-state index is 12.7. The average Bonchev–Trinajstić information content (AvgIpc) is 2.59. The molecule has 1 amide bonds. The number of aromatic nitrogens is 1. The lowest BCUT2D eigenvalue weighted by atomic mass is 9.99. The SMILES string of the molecule is CON(C)C(=O)c1cc(-c2ccc(C)cc2C)nc2ccccc12. The molecule has 0 atom stereocenters. The van der Waals surface area contributed by atoms with E-state index in [2.05, 4.69) is 32.0 Å². The second kappa shape index (κ2) is 6.42. The Balaban J connectivity index is 2.25. The van der Waals surface area contributed by atoms with Crippen molar-refractivity contribution in [3.8, 4) is 11.3 Å². The third-order valence-electron chi connectivity index (χ3n) is 4.16. The summed E-state index contributed by atoms with van der Waals surface area (Å²) in [7, 11) is 3.08. The molecule has 0 aliphatic heterocycles. The molecule has 122 valence electrons. The molecule has 4 heteroatoms. The number of hydrogen-bond donors (Lipinski definition) is 0. The van der Waals surface area contributed by atoms with Gasteiger partial charge in [-0.25, -0.2) is 10.0 Å². The van der Waals surface area contributed by atoms with Gasteiger partial charge in [0.15, 0.2) is 0 Å². The minimum atomic E-state index is -0.192. The second-order valence-electron chi connectivity index (χ2n) is 5.88. The van der Waals surface area contributed by atoms with Crippen molar-refractivity contribution in [1.29, 1.82) is 0 Å². The highest BCUT2D eigenvalue weighted by Gasteiger charge is 2.18. The number of amides is 1. The van der Waals surface area contributed by atoms with Crippen LogP contribution in [-0.2, 0) is 4.84 Å². The number of fused-ring (bicyclic) bond motifs is 1. The van der Waals surface area contributed by atoms with E-state index in [1.165, 1.54) is 17.7 Å². The van der Waals surface area contributed by atoms with Gasteiger partial charge in [0.2, 0.25) is 0 Å². The minimum absolute atomic E-state index is 0.192. The standard InChI is InChI=1S/C20H20N2O2/c1-13-9-10-15(14(2)11-13)19-12-17(20(23)22(3)24-4)16-7-5-6-8-18(16)21-19/h5-12H,1-4H3. The van der Waals surface area contributed by atoms with Gasteiger partial charge in [0.05, 0.1) is 23.9 Å². The van der Waals surface area contributed by atoms with Crippen LogP contribution in [0.2, 0.25) is 0 Å². The first-order valence-corrected chi connectivity index (χ1v) is 7.81. The third-order valence-corrected chi connectivity index (χ3v) is 4.16. The van der Waals surface area contributed by atoms with E-state index in [1.54, 1.807) is 7.05 Å². The molecule has 0 unspecified atom stereocenters. The van der Waals surface area contributed by atoms with Gasteiger partial charge in [-0.2, -0.15) is 0 Å². The number of aryl methyl sites for hydroxylation is 2. The fraction of sp³-hybridized carbons (Fsp3) is 0.200. The van der Waals surface area contributed by atoms with Crippen molar-refractivity contribution in [2.75, 3.05) is 14.2 Å². The van der Waals surface area contributed by atoms with Gasteiger partial charge in [-0.3, -0.25) is 9.63 Å². The first-order valence-electron chi connectivity index (χ1n) is 7.81. The lowest BCUT2D eigenvalue weighted by Crippen LogP contribution is -2.25. The molecule has 0 radical (unpaired) electrons. The number of carbonyl (C=O) groups is 1. The Labute approximate surface area is 141 Å². The van der Waals surface area contributed by atoms with Crippen LogP contribution in [0.4, 0.5) is 0 Å². The molecule has 0 aliphatic rings. The maximum absolute atomic E-state index is 12.7. The van der Waals surface area contributed by atoms with Gasteiger partial charge in [-0.05, 0) is 31.5 Å². The summed E-state index contributed by atoms with van der Waals surface area (Å²) < 4.78 is 0. The first kappa shape index (κ1) is 16.1. The zero-order chi connectivity index (χ0) is 17.3. The van der Waals surface area contributed by atoms with Crippen LogP contribution in [0, 0.1) is 13.8 Å². The maximum Gasteiger partial charge on any atom is 0.277 e. The van der Waals surface area contributed by atoms with Crippen molar-refractivity contribution >= 4 is 16.8 Å². The number of nitrogens with zero attached hydrogens (tertiary/aromatic N) is 2. The molecule has 4 nitrogen and oxygen atoms in total. The van der Waals surface area contributed by atoms with Crippen molar-refractivity contribution in [2.24, 2.45) is 0 Å². The van der Waals surface area contributed by atoms with E-state index >= 15 is 0 Å². The molecule has 3 aromatic rings. The Morgan fingerprint density at radius 2 is 1.83 bits per heavy atom. The highest BCUT2D eigenvalue weighted by molar-refractivity contribution is 6.06. The van der Waals surface area contributed by atoms with Crippen LogP contribution < -0.4 is 0 Å². The lowest BCUT2D eigenvalue weighted by Gasteiger charge is -2.16. The Kier molecular flexibility index (Phi) is 4.32. The van der Waals surface area contributed by atoms with Crippen LogP contribution in [0.5, 0.6) is 0 Å². The van der Waals surface area contributed by atoms with Gasteiger partial charge < -0.3 is 0 Å². The summed E-state index contributed by atoms with van der Waals surface area (Å²) in [4.78, 5) is 22.5. The molecular weight excluding hydrogens is 300 g/mol. The quantitative estimate of drug-likeness (QED) is 0.681. The normalized spacial score (nSPS) is 10.8. The van der Waals surface area contributed by atoms with Gasteiger partial charge in [-0.15, -0.1) is 0 Å². The van der Waals surface area contributed by atoms with Gasteiger partial charge in [0.1, 0.15) is 0 Å². The van der Waals surface area contributed by atoms with Crippen LogP contribution in [0.1, 0.15) is 21.5 Å². The molecule has 0 saturated heterocycles. The van der Waals surface area contributed by atoms with E-state index in [0.717, 1.165) is 27.7 Å². The number of hydroxylamine groups is 2. The molecule has 2 aromatic carbocycles. The summed E-state index contributed by atoms with van der Waals surface area (Å²) in [6, 6.07) is 15.7. The Hall–Kier alpha value is -2.72. The Bertz CT molecular complexity index is 919. The van der Waals surface area contributed by atoms with Crippen LogP contribution >= 0.6 is 0 Å². The summed E-state index contributed by atoms with van der Waals surface area (Å²) in [6.07, 6.45) is 0. The van der Waals surface area contributed by atoms with Crippen LogP contribution in [0.3, 0.4) is 0 Å². The van der Waals surface area contributed by atoms with E-state index in [-0.39, 0.29) is 5.91 Å². The Morgan fingerprint density at radius 3 is 2.54 bits per heavy atom. The van der Waals surface area contributed by atoms with Crippen LogP contribution in [0.25, 0.3) is 22.2 Å². The number of carbonyl (C=O) groups excluding carboxylic acids is 1. The van der Waals surface area contributed by atoms with Gasteiger partial charge >= 0.3 is 0 Å². The minimum Gasteiger partial charge on any atom is -0.274 e. The zero-order valence-electron chi connectivity index (χ0n) is 14.3. The van der Waals surface area contributed by atoms with Crippen molar-refractivity contribution in [3.63, 3.8) is 0 Å². The van der Waals surface area contributed by atoms with E-state index in [9.17, 15) is 4.79 Å². The average molecular weight is 320 g/mol. The smallest absolute Gasteiger partial charge is 0.274 e.